The standard InChI is InChI=1S/C12H15ClN2O3S2/c1-8(2)15(7-10-5-4-9(3)18-10)20(16,17)11-6-14-12(13)19-11/h4-6,8H,7H2,1-3H3. The lowest BCUT2D eigenvalue weighted by Gasteiger charge is -2.23. The minimum atomic E-state index is -3.62. The smallest absolute Gasteiger partial charge is 0.254 e. The zero-order valence-electron chi connectivity index (χ0n) is 11.3. The average Bonchev–Trinajstić information content (AvgIpc) is 2.94. The number of rotatable bonds is 5. The van der Waals surface area contributed by atoms with Gasteiger partial charge in [-0.1, -0.05) is 22.9 Å². The second kappa shape index (κ2) is 5.85. The maximum absolute atomic E-state index is 12.6. The largest absolute Gasteiger partial charge is 0.465 e. The molecule has 0 unspecified atom stereocenters. The summed E-state index contributed by atoms with van der Waals surface area (Å²) < 4.78 is 32.4. The van der Waals surface area contributed by atoms with Crippen molar-refractivity contribution in [3.8, 4) is 0 Å². The summed E-state index contributed by atoms with van der Waals surface area (Å²) in [7, 11) is -3.62. The van der Waals surface area contributed by atoms with Crippen LogP contribution in [0.2, 0.25) is 4.47 Å². The zero-order valence-corrected chi connectivity index (χ0v) is 13.7. The highest BCUT2D eigenvalue weighted by Crippen LogP contribution is 2.28. The van der Waals surface area contributed by atoms with Crippen molar-refractivity contribution in [1.82, 2.24) is 9.29 Å². The van der Waals surface area contributed by atoms with Crippen molar-refractivity contribution in [2.24, 2.45) is 0 Å². The lowest BCUT2D eigenvalue weighted by atomic mass is 10.3. The van der Waals surface area contributed by atoms with Crippen LogP contribution < -0.4 is 0 Å². The van der Waals surface area contributed by atoms with Gasteiger partial charge in [-0.05, 0) is 32.9 Å². The van der Waals surface area contributed by atoms with Crippen LogP contribution in [0.1, 0.15) is 25.4 Å². The van der Waals surface area contributed by atoms with Gasteiger partial charge in [0.2, 0.25) is 0 Å². The third kappa shape index (κ3) is 3.22. The minimum Gasteiger partial charge on any atom is -0.465 e. The summed E-state index contributed by atoms with van der Waals surface area (Å²) >= 11 is 6.67. The predicted molar refractivity (Wildman–Crippen MR) is 78.4 cm³/mol. The lowest BCUT2D eigenvalue weighted by molar-refractivity contribution is 0.315. The molecule has 5 nitrogen and oxygen atoms in total. The molecule has 2 aromatic heterocycles. The second-order valence-corrected chi connectivity index (χ2v) is 8.32. The van der Waals surface area contributed by atoms with Crippen LogP contribution in [-0.2, 0) is 16.6 Å². The van der Waals surface area contributed by atoms with E-state index >= 15 is 0 Å². The molecule has 0 spiro atoms. The number of hydrogen-bond donors (Lipinski definition) is 0. The van der Waals surface area contributed by atoms with Gasteiger partial charge in [-0.2, -0.15) is 4.31 Å². The van der Waals surface area contributed by atoms with Crippen LogP contribution in [0.3, 0.4) is 0 Å². The summed E-state index contributed by atoms with van der Waals surface area (Å²) in [6.45, 7) is 5.63. The first-order valence-corrected chi connectivity index (χ1v) is 8.62. The van der Waals surface area contributed by atoms with Crippen LogP contribution in [-0.4, -0.2) is 23.7 Å². The van der Waals surface area contributed by atoms with Crippen molar-refractivity contribution < 1.29 is 12.8 Å². The van der Waals surface area contributed by atoms with Crippen LogP contribution in [0.15, 0.2) is 27.0 Å². The first kappa shape index (κ1) is 15.5. The Morgan fingerprint density at radius 2 is 2.15 bits per heavy atom. The fourth-order valence-corrected chi connectivity index (χ4v) is 4.77. The Labute approximate surface area is 127 Å². The maximum Gasteiger partial charge on any atom is 0.254 e. The quantitative estimate of drug-likeness (QED) is 0.841. The van der Waals surface area contributed by atoms with Crippen molar-refractivity contribution in [3.05, 3.63) is 34.3 Å². The molecule has 2 aromatic rings. The molecule has 2 heterocycles. The van der Waals surface area contributed by atoms with Gasteiger partial charge >= 0.3 is 0 Å². The number of thiazole rings is 1. The van der Waals surface area contributed by atoms with Crippen molar-refractivity contribution in [2.75, 3.05) is 0 Å². The van der Waals surface area contributed by atoms with E-state index in [0.717, 1.165) is 17.1 Å². The molecule has 0 saturated heterocycles. The van der Waals surface area contributed by atoms with Crippen molar-refractivity contribution in [3.63, 3.8) is 0 Å². The Morgan fingerprint density at radius 1 is 1.45 bits per heavy atom. The molecule has 8 heteroatoms. The molecular formula is C12H15ClN2O3S2. The Kier molecular flexibility index (Phi) is 4.53. The number of furan rings is 1. The van der Waals surface area contributed by atoms with Gasteiger partial charge in [0.1, 0.15) is 11.5 Å². The number of aromatic nitrogens is 1. The molecule has 0 bridgehead atoms. The van der Waals surface area contributed by atoms with Crippen LogP contribution in [0.4, 0.5) is 0 Å². The van der Waals surface area contributed by atoms with Crippen LogP contribution in [0.25, 0.3) is 0 Å². The first-order chi connectivity index (χ1) is 9.30. The topological polar surface area (TPSA) is 63.4 Å². The molecule has 0 atom stereocenters. The zero-order chi connectivity index (χ0) is 14.9. The molecular weight excluding hydrogens is 320 g/mol. The summed E-state index contributed by atoms with van der Waals surface area (Å²) in [4.78, 5) is 3.79. The van der Waals surface area contributed by atoms with E-state index in [2.05, 4.69) is 4.98 Å². The van der Waals surface area contributed by atoms with Crippen LogP contribution in [0, 0.1) is 6.92 Å². The van der Waals surface area contributed by atoms with Gasteiger partial charge in [0.25, 0.3) is 10.0 Å². The van der Waals surface area contributed by atoms with Gasteiger partial charge in [-0.3, -0.25) is 0 Å². The third-order valence-electron chi connectivity index (χ3n) is 2.70. The van der Waals surface area contributed by atoms with E-state index in [4.69, 9.17) is 16.0 Å². The van der Waals surface area contributed by atoms with Gasteiger partial charge in [-0.25, -0.2) is 13.4 Å². The van der Waals surface area contributed by atoms with E-state index in [9.17, 15) is 8.42 Å². The van der Waals surface area contributed by atoms with Gasteiger partial charge in [0.05, 0.1) is 12.7 Å². The highest BCUT2D eigenvalue weighted by atomic mass is 35.5. The highest BCUT2D eigenvalue weighted by Gasteiger charge is 2.30. The normalized spacial score (nSPS) is 12.5. The van der Waals surface area contributed by atoms with Crippen LogP contribution in [0.5, 0.6) is 0 Å². The van der Waals surface area contributed by atoms with Gasteiger partial charge in [0.15, 0.2) is 8.68 Å². The van der Waals surface area contributed by atoms with Gasteiger partial charge < -0.3 is 4.42 Å². The summed E-state index contributed by atoms with van der Waals surface area (Å²) in [5, 5.41) is 0. The number of sulfonamides is 1. The molecule has 0 saturated carbocycles. The fraction of sp³-hybridized carbons (Fsp3) is 0.417. The van der Waals surface area contributed by atoms with Gasteiger partial charge in [0, 0.05) is 6.04 Å². The molecule has 0 aliphatic carbocycles. The average molecular weight is 335 g/mol. The molecule has 0 aliphatic heterocycles. The molecule has 0 aromatic carbocycles. The molecule has 110 valence electrons. The summed E-state index contributed by atoms with van der Waals surface area (Å²) in [6, 6.07) is 3.38. The lowest BCUT2D eigenvalue weighted by Crippen LogP contribution is -2.35. The molecule has 0 fully saturated rings. The Bertz CT molecular complexity index is 691. The van der Waals surface area contributed by atoms with Gasteiger partial charge in [-0.15, -0.1) is 0 Å². The van der Waals surface area contributed by atoms with Crippen molar-refractivity contribution >= 4 is 33.0 Å². The van der Waals surface area contributed by atoms with E-state index in [-0.39, 0.29) is 21.3 Å². The van der Waals surface area contributed by atoms with E-state index in [1.807, 2.05) is 26.8 Å². The number of halogens is 1. The molecule has 0 aliphatic rings. The van der Waals surface area contributed by atoms with E-state index in [0.29, 0.717) is 5.76 Å². The first-order valence-electron chi connectivity index (χ1n) is 5.99. The second-order valence-electron chi connectivity index (χ2n) is 4.59. The number of aryl methyl sites for hydroxylation is 1. The molecule has 20 heavy (non-hydrogen) atoms. The predicted octanol–water partition coefficient (Wildman–Crippen LogP) is 3.30. The third-order valence-corrected chi connectivity index (χ3v) is 6.28. The fourth-order valence-electron chi connectivity index (χ4n) is 1.74. The maximum atomic E-state index is 12.6. The van der Waals surface area contributed by atoms with Crippen molar-refractivity contribution in [2.45, 2.75) is 37.6 Å². The summed E-state index contributed by atoms with van der Waals surface area (Å²) in [5.41, 5.74) is 0. The Balaban J connectivity index is 2.33. The van der Waals surface area contributed by atoms with E-state index < -0.39 is 10.0 Å². The van der Waals surface area contributed by atoms with E-state index in [1.165, 1.54) is 10.5 Å². The SMILES string of the molecule is Cc1ccc(CN(C(C)C)S(=O)(=O)c2cnc(Cl)s2)o1. The summed E-state index contributed by atoms with van der Waals surface area (Å²) in [6.07, 6.45) is 1.28. The molecule has 0 amide bonds. The van der Waals surface area contributed by atoms with E-state index in [1.54, 1.807) is 6.07 Å². The van der Waals surface area contributed by atoms with Crippen LogP contribution >= 0.6 is 22.9 Å². The minimum absolute atomic E-state index is 0.138. The molecule has 0 N–H and O–H groups in total. The number of hydrogen-bond acceptors (Lipinski definition) is 5. The molecule has 0 radical (unpaired) electrons. The van der Waals surface area contributed by atoms with Crippen molar-refractivity contribution in [1.29, 1.82) is 0 Å². The highest BCUT2D eigenvalue weighted by molar-refractivity contribution is 7.91. The number of nitrogens with zero attached hydrogens (tertiary/aromatic N) is 2. The monoisotopic (exact) mass is 334 g/mol. The Morgan fingerprint density at radius 3 is 2.60 bits per heavy atom. The summed E-state index contributed by atoms with van der Waals surface area (Å²) in [5.74, 6) is 1.36. The Hall–Kier alpha value is -0.890. The molecule has 2 rings (SSSR count).